The van der Waals surface area contributed by atoms with Gasteiger partial charge in [0.25, 0.3) is 0 Å². The maximum atomic E-state index is 13.6. The highest BCUT2D eigenvalue weighted by atomic mass is 32.2. The number of amides is 3. The molecule has 3 amide bonds. The second-order valence-electron chi connectivity index (χ2n) is 9.44. The minimum Gasteiger partial charge on any atom is -0.325 e. The quantitative estimate of drug-likeness (QED) is 0.312. The van der Waals surface area contributed by atoms with Crippen LogP contribution in [-0.2, 0) is 4.79 Å². The fraction of sp³-hybridized carbons (Fsp3) is 0.226. The summed E-state index contributed by atoms with van der Waals surface area (Å²) >= 11 is 3.29. The van der Waals surface area contributed by atoms with Gasteiger partial charge < -0.3 is 10.6 Å². The number of allylic oxidation sites excluding steroid dienone is 2. The number of hydrogen-bond acceptors (Lipinski definition) is 4. The first kappa shape index (κ1) is 26.2. The number of fused-ring (bicyclic) bond motifs is 2. The van der Waals surface area contributed by atoms with E-state index in [2.05, 4.69) is 35.8 Å². The molecule has 0 saturated carbocycles. The summed E-state index contributed by atoms with van der Waals surface area (Å²) < 4.78 is 0. The van der Waals surface area contributed by atoms with Crippen LogP contribution in [0.5, 0.6) is 0 Å². The number of para-hydroxylation sites is 1. The molecule has 1 aliphatic carbocycles. The van der Waals surface area contributed by atoms with E-state index in [1.165, 1.54) is 17.3 Å². The van der Waals surface area contributed by atoms with Crippen molar-refractivity contribution >= 4 is 52.5 Å². The first-order chi connectivity index (χ1) is 18.4. The van der Waals surface area contributed by atoms with Crippen molar-refractivity contribution in [1.29, 1.82) is 0 Å². The van der Waals surface area contributed by atoms with E-state index in [1.54, 1.807) is 11.8 Å². The fourth-order valence-electron chi connectivity index (χ4n) is 4.58. The molecule has 5 nitrogen and oxygen atoms in total. The van der Waals surface area contributed by atoms with Crippen molar-refractivity contribution < 1.29 is 9.59 Å². The van der Waals surface area contributed by atoms with Gasteiger partial charge in [-0.1, -0.05) is 55.5 Å². The van der Waals surface area contributed by atoms with Gasteiger partial charge in [0.1, 0.15) is 0 Å². The van der Waals surface area contributed by atoms with Crippen LogP contribution < -0.4 is 15.5 Å². The van der Waals surface area contributed by atoms with Gasteiger partial charge in [-0.15, -0.1) is 23.5 Å². The van der Waals surface area contributed by atoms with Crippen molar-refractivity contribution in [3.05, 3.63) is 102 Å². The number of carbonyl (C=O) groups excluding carboxylic acids is 2. The third kappa shape index (κ3) is 5.69. The Bertz CT molecular complexity index is 1420. The van der Waals surface area contributed by atoms with Crippen molar-refractivity contribution in [1.82, 2.24) is 0 Å². The predicted octanol–water partition coefficient (Wildman–Crippen LogP) is 7.82. The molecule has 0 bridgehead atoms. The maximum absolute atomic E-state index is 13.6. The summed E-state index contributed by atoms with van der Waals surface area (Å²) in [5.74, 6) is -0.0270. The molecule has 0 spiro atoms. The minimum absolute atomic E-state index is 0.0270. The Morgan fingerprint density at radius 1 is 0.921 bits per heavy atom. The molecule has 0 saturated heterocycles. The molecule has 0 radical (unpaired) electrons. The Morgan fingerprint density at radius 2 is 1.71 bits per heavy atom. The Morgan fingerprint density at radius 3 is 2.53 bits per heavy atom. The van der Waals surface area contributed by atoms with E-state index in [1.807, 2.05) is 91.6 Å². The topological polar surface area (TPSA) is 61.4 Å². The first-order valence-electron chi connectivity index (χ1n) is 12.8. The van der Waals surface area contributed by atoms with Crippen molar-refractivity contribution in [3.63, 3.8) is 0 Å². The van der Waals surface area contributed by atoms with Crippen molar-refractivity contribution in [3.8, 4) is 0 Å². The third-order valence-corrected chi connectivity index (χ3v) is 9.43. The minimum atomic E-state index is -0.256. The van der Waals surface area contributed by atoms with Gasteiger partial charge in [-0.3, -0.25) is 9.69 Å². The largest absolute Gasteiger partial charge is 0.326 e. The zero-order valence-electron chi connectivity index (χ0n) is 21.7. The molecule has 7 heteroatoms. The molecule has 3 atom stereocenters. The first-order valence-corrected chi connectivity index (χ1v) is 14.5. The molecule has 2 aliphatic rings. The Balaban J connectivity index is 1.30. The highest BCUT2D eigenvalue weighted by Crippen LogP contribution is 2.43. The summed E-state index contributed by atoms with van der Waals surface area (Å²) in [7, 11) is 0. The summed E-state index contributed by atoms with van der Waals surface area (Å²) in [6.07, 6.45) is 8.96. The molecular weight excluding hydrogens is 510 g/mol. The third-order valence-electron chi connectivity index (χ3n) is 6.76. The van der Waals surface area contributed by atoms with Crippen LogP contribution in [0.4, 0.5) is 21.9 Å². The number of urea groups is 1. The summed E-state index contributed by atoms with van der Waals surface area (Å²) in [6.45, 7) is 6.11. The Hall–Kier alpha value is -3.42. The molecule has 1 aliphatic heterocycles. The molecule has 2 N–H and O–H groups in total. The number of nitrogens with one attached hydrogen (secondary N) is 2. The molecule has 3 aromatic rings. The van der Waals surface area contributed by atoms with Crippen LogP contribution in [0, 0.1) is 13.8 Å². The SMILES string of the molecule is CCC(Sc1cccc(NC(=O)N2c3ccccc3SC3C=CC=CC32)c1)C(=O)Nc1ccc(C)c(C)c1. The zero-order chi connectivity index (χ0) is 26.6. The van der Waals surface area contributed by atoms with Crippen LogP contribution in [-0.4, -0.2) is 28.5 Å². The van der Waals surface area contributed by atoms with Crippen LogP contribution in [0.2, 0.25) is 0 Å². The van der Waals surface area contributed by atoms with Gasteiger partial charge in [0.05, 0.1) is 22.2 Å². The van der Waals surface area contributed by atoms with Gasteiger partial charge in [-0.25, -0.2) is 4.79 Å². The van der Waals surface area contributed by atoms with Crippen molar-refractivity contribution in [2.75, 3.05) is 15.5 Å². The lowest BCUT2D eigenvalue weighted by Gasteiger charge is -2.40. The van der Waals surface area contributed by atoms with Gasteiger partial charge >= 0.3 is 6.03 Å². The smallest absolute Gasteiger partial charge is 0.325 e. The van der Waals surface area contributed by atoms with Crippen LogP contribution >= 0.6 is 23.5 Å². The highest BCUT2D eigenvalue weighted by Gasteiger charge is 2.36. The molecule has 3 aromatic carbocycles. The predicted molar refractivity (Wildman–Crippen MR) is 161 cm³/mol. The number of hydrogen-bond donors (Lipinski definition) is 2. The fourth-order valence-corrected chi connectivity index (χ4v) is 6.86. The maximum Gasteiger partial charge on any atom is 0.326 e. The molecule has 38 heavy (non-hydrogen) atoms. The molecule has 0 fully saturated rings. The average molecular weight is 542 g/mol. The highest BCUT2D eigenvalue weighted by molar-refractivity contribution is 8.00. The molecular formula is C31H31N3O2S2. The lowest BCUT2D eigenvalue weighted by molar-refractivity contribution is -0.115. The molecule has 1 heterocycles. The standard InChI is InChI=1S/C31H31N3O2S2/c1-4-27(30(35)32-23-17-16-20(2)21(3)18-23)37-24-11-9-10-22(19-24)33-31(36)34-25-12-5-7-14-28(25)38-29-15-8-6-13-26(29)34/h5-19,25,27-28H,4H2,1-3H3,(H,32,35)(H,33,36). The number of rotatable bonds is 6. The van der Waals surface area contributed by atoms with Crippen molar-refractivity contribution in [2.24, 2.45) is 0 Å². The lowest BCUT2D eigenvalue weighted by Crippen LogP contribution is -2.49. The molecule has 0 aromatic heterocycles. The van der Waals surface area contributed by atoms with Gasteiger partial charge in [0.15, 0.2) is 0 Å². The van der Waals surface area contributed by atoms with Crippen molar-refractivity contribution in [2.45, 2.75) is 53.5 Å². The average Bonchev–Trinajstić information content (AvgIpc) is 2.92. The van der Waals surface area contributed by atoms with Crippen LogP contribution in [0.3, 0.4) is 0 Å². The second-order valence-corrected chi connectivity index (χ2v) is 11.9. The van der Waals surface area contributed by atoms with Crippen LogP contribution in [0.15, 0.2) is 101 Å². The molecule has 194 valence electrons. The Labute approximate surface area is 232 Å². The normalized spacial score (nSPS) is 18.3. The number of carbonyl (C=O) groups is 2. The molecule has 3 unspecified atom stereocenters. The monoisotopic (exact) mass is 541 g/mol. The molecule has 5 rings (SSSR count). The summed E-state index contributed by atoms with van der Waals surface area (Å²) in [5, 5.41) is 6.07. The van der Waals surface area contributed by atoms with Crippen LogP contribution in [0.1, 0.15) is 24.5 Å². The van der Waals surface area contributed by atoms with Gasteiger partial charge in [0.2, 0.25) is 5.91 Å². The number of aryl methyl sites for hydroxylation is 2. The van der Waals surface area contributed by atoms with E-state index in [0.29, 0.717) is 12.1 Å². The summed E-state index contributed by atoms with van der Waals surface area (Å²) in [5.41, 5.74) is 4.76. The number of benzene rings is 3. The van der Waals surface area contributed by atoms with Crippen LogP contribution in [0.25, 0.3) is 0 Å². The van der Waals surface area contributed by atoms with E-state index < -0.39 is 0 Å². The van der Waals surface area contributed by atoms with E-state index in [-0.39, 0.29) is 28.5 Å². The second kappa shape index (κ2) is 11.5. The van der Waals surface area contributed by atoms with E-state index in [0.717, 1.165) is 26.7 Å². The number of nitrogens with zero attached hydrogens (tertiary/aromatic N) is 1. The van der Waals surface area contributed by atoms with Gasteiger partial charge in [-0.2, -0.15) is 0 Å². The van der Waals surface area contributed by atoms with E-state index in [9.17, 15) is 9.59 Å². The van der Waals surface area contributed by atoms with E-state index >= 15 is 0 Å². The summed E-state index contributed by atoms with van der Waals surface area (Å²) in [4.78, 5) is 30.5. The van der Waals surface area contributed by atoms with Gasteiger partial charge in [-0.05, 0) is 73.9 Å². The lowest BCUT2D eigenvalue weighted by atomic mass is 10.1. The summed E-state index contributed by atoms with van der Waals surface area (Å²) in [6, 6.07) is 21.5. The zero-order valence-corrected chi connectivity index (χ0v) is 23.3. The number of thioether (sulfide) groups is 2. The van der Waals surface area contributed by atoms with E-state index in [4.69, 9.17) is 0 Å². The number of anilines is 3. The van der Waals surface area contributed by atoms with Gasteiger partial charge in [0, 0.05) is 21.2 Å². The Kier molecular flexibility index (Phi) is 7.95.